The topological polar surface area (TPSA) is 88.5 Å². The average Bonchev–Trinajstić information content (AvgIpc) is 3.13. The first-order valence-electron chi connectivity index (χ1n) is 11.3. The molecule has 0 aliphatic carbocycles. The molecule has 0 saturated carbocycles. The van der Waals surface area contributed by atoms with E-state index in [1.807, 2.05) is 13.8 Å². The Balaban J connectivity index is 2.16. The number of ketones is 1. The zero-order chi connectivity index (χ0) is 24.8. The number of amides is 1. The van der Waals surface area contributed by atoms with Gasteiger partial charge in [-0.2, -0.15) is 0 Å². The van der Waals surface area contributed by atoms with E-state index in [1.54, 1.807) is 42.5 Å². The maximum absolute atomic E-state index is 13.2. The molecule has 1 aliphatic heterocycles. The third kappa shape index (κ3) is 4.87. The van der Waals surface area contributed by atoms with Crippen LogP contribution in [-0.2, 0) is 9.59 Å². The summed E-state index contributed by atoms with van der Waals surface area (Å²) in [6.07, 6.45) is 0. The number of likely N-dealkylation sites (N-methyl/N-ethyl adjacent to an activating group) is 1. The zero-order valence-electron chi connectivity index (χ0n) is 20.3. The van der Waals surface area contributed by atoms with Gasteiger partial charge in [0.15, 0.2) is 11.5 Å². The molecule has 34 heavy (non-hydrogen) atoms. The van der Waals surface area contributed by atoms with E-state index in [-0.39, 0.29) is 11.3 Å². The van der Waals surface area contributed by atoms with E-state index >= 15 is 0 Å². The normalized spacial score (nSPS) is 17.4. The van der Waals surface area contributed by atoms with Crippen LogP contribution in [0.2, 0.25) is 0 Å². The second-order valence-corrected chi connectivity index (χ2v) is 7.87. The van der Waals surface area contributed by atoms with Crippen molar-refractivity contribution in [1.29, 1.82) is 0 Å². The van der Waals surface area contributed by atoms with E-state index in [0.29, 0.717) is 41.5 Å². The van der Waals surface area contributed by atoms with Crippen LogP contribution < -0.4 is 14.2 Å². The van der Waals surface area contributed by atoms with Crippen molar-refractivity contribution in [2.45, 2.75) is 19.9 Å². The smallest absolute Gasteiger partial charge is 0.295 e. The van der Waals surface area contributed by atoms with Gasteiger partial charge in [-0.05, 0) is 42.9 Å². The van der Waals surface area contributed by atoms with Crippen LogP contribution in [0.1, 0.15) is 31.0 Å². The largest absolute Gasteiger partial charge is 0.507 e. The highest BCUT2D eigenvalue weighted by atomic mass is 16.5. The van der Waals surface area contributed by atoms with Crippen molar-refractivity contribution in [2.75, 3.05) is 47.5 Å². The molecule has 0 radical (unpaired) electrons. The lowest BCUT2D eigenvalue weighted by atomic mass is 9.95. The van der Waals surface area contributed by atoms with Crippen LogP contribution in [0.15, 0.2) is 48.0 Å². The molecule has 182 valence electrons. The summed E-state index contributed by atoms with van der Waals surface area (Å²) in [5, 5.41) is 11.2. The summed E-state index contributed by atoms with van der Waals surface area (Å²) in [5.74, 6) is -0.0873. The van der Waals surface area contributed by atoms with Gasteiger partial charge in [-0.15, -0.1) is 0 Å². The Bertz CT molecular complexity index is 1080. The summed E-state index contributed by atoms with van der Waals surface area (Å²) in [7, 11) is 4.58. The van der Waals surface area contributed by atoms with Gasteiger partial charge in [0.2, 0.25) is 0 Å². The second kappa shape index (κ2) is 11.1. The number of hydrogen-bond donors (Lipinski definition) is 1. The summed E-state index contributed by atoms with van der Waals surface area (Å²) in [6.45, 7) is 6.68. The van der Waals surface area contributed by atoms with Crippen molar-refractivity contribution in [1.82, 2.24) is 9.80 Å². The number of ether oxygens (including phenoxy) is 3. The minimum atomic E-state index is -0.776. The maximum Gasteiger partial charge on any atom is 0.295 e. The van der Waals surface area contributed by atoms with E-state index in [4.69, 9.17) is 14.2 Å². The summed E-state index contributed by atoms with van der Waals surface area (Å²) in [5.41, 5.74) is 1.07. The number of aliphatic hydroxyl groups is 1. The Morgan fingerprint density at radius 2 is 1.68 bits per heavy atom. The molecule has 8 heteroatoms. The van der Waals surface area contributed by atoms with E-state index in [2.05, 4.69) is 4.90 Å². The summed E-state index contributed by atoms with van der Waals surface area (Å²) >= 11 is 0. The number of rotatable bonds is 10. The van der Waals surface area contributed by atoms with Crippen LogP contribution in [0, 0.1) is 0 Å². The first-order chi connectivity index (χ1) is 16.4. The summed E-state index contributed by atoms with van der Waals surface area (Å²) in [6, 6.07) is 11.2. The molecular weight excluding hydrogens is 436 g/mol. The van der Waals surface area contributed by atoms with Gasteiger partial charge in [0.05, 0.1) is 32.9 Å². The molecule has 1 unspecified atom stereocenters. The zero-order valence-corrected chi connectivity index (χ0v) is 20.3. The molecule has 0 spiro atoms. The Kier molecular flexibility index (Phi) is 8.17. The van der Waals surface area contributed by atoms with Gasteiger partial charge in [-0.25, -0.2) is 0 Å². The molecule has 0 aromatic heterocycles. The number of carbonyl (C=O) groups is 2. The fourth-order valence-corrected chi connectivity index (χ4v) is 4.19. The van der Waals surface area contributed by atoms with E-state index in [0.717, 1.165) is 13.1 Å². The average molecular weight is 469 g/mol. The number of likely N-dealkylation sites (tertiary alicyclic amines) is 1. The number of benzene rings is 2. The highest BCUT2D eigenvalue weighted by molar-refractivity contribution is 6.46. The molecule has 1 heterocycles. The highest BCUT2D eigenvalue weighted by Gasteiger charge is 2.46. The SMILES string of the molecule is CCN(CC)CCN1C(=O)C(=O)C(=C(O)c2cccc(OC)c2)C1c1ccc(OC)c(OC)c1. The van der Waals surface area contributed by atoms with Gasteiger partial charge < -0.3 is 29.1 Å². The molecule has 1 amide bonds. The van der Waals surface area contributed by atoms with Crippen LogP contribution in [0.3, 0.4) is 0 Å². The minimum absolute atomic E-state index is 0.0324. The molecule has 0 bridgehead atoms. The molecule has 1 saturated heterocycles. The van der Waals surface area contributed by atoms with Crippen molar-refractivity contribution in [3.63, 3.8) is 0 Å². The summed E-state index contributed by atoms with van der Waals surface area (Å²) < 4.78 is 16.1. The van der Waals surface area contributed by atoms with Gasteiger partial charge >= 0.3 is 0 Å². The van der Waals surface area contributed by atoms with E-state index < -0.39 is 17.7 Å². The molecular formula is C26H32N2O6. The molecule has 1 atom stereocenters. The number of hydrogen-bond acceptors (Lipinski definition) is 7. The summed E-state index contributed by atoms with van der Waals surface area (Å²) in [4.78, 5) is 30.1. The van der Waals surface area contributed by atoms with Crippen LogP contribution in [0.4, 0.5) is 0 Å². The maximum atomic E-state index is 13.2. The van der Waals surface area contributed by atoms with Crippen molar-refractivity contribution in [3.05, 3.63) is 59.2 Å². The Morgan fingerprint density at radius 1 is 0.971 bits per heavy atom. The Labute approximate surface area is 200 Å². The van der Waals surface area contributed by atoms with Crippen LogP contribution >= 0.6 is 0 Å². The standard InChI is InChI=1S/C26H32N2O6/c1-6-27(7-2)13-14-28-23(17-11-12-20(33-4)21(16-17)34-5)22(25(30)26(28)31)24(29)18-9-8-10-19(15-18)32-3/h8-12,15-16,23,29H,6-7,13-14H2,1-5H3. The lowest BCUT2D eigenvalue weighted by Crippen LogP contribution is -2.38. The van der Waals surface area contributed by atoms with Gasteiger partial charge in [0.25, 0.3) is 11.7 Å². The Hall–Kier alpha value is -3.52. The molecule has 1 aliphatic rings. The molecule has 1 N–H and O–H groups in total. The lowest BCUT2D eigenvalue weighted by Gasteiger charge is -2.28. The van der Waals surface area contributed by atoms with E-state index in [1.165, 1.54) is 26.2 Å². The predicted molar refractivity (Wildman–Crippen MR) is 129 cm³/mol. The van der Waals surface area contributed by atoms with Gasteiger partial charge in [-0.3, -0.25) is 9.59 Å². The highest BCUT2D eigenvalue weighted by Crippen LogP contribution is 2.42. The van der Waals surface area contributed by atoms with Gasteiger partial charge in [0.1, 0.15) is 11.5 Å². The first kappa shape index (κ1) is 25.1. The fraction of sp³-hybridized carbons (Fsp3) is 0.385. The van der Waals surface area contributed by atoms with Crippen molar-refractivity contribution < 1.29 is 28.9 Å². The van der Waals surface area contributed by atoms with Crippen LogP contribution in [0.25, 0.3) is 5.76 Å². The predicted octanol–water partition coefficient (Wildman–Crippen LogP) is 3.48. The fourth-order valence-electron chi connectivity index (χ4n) is 4.19. The van der Waals surface area contributed by atoms with Crippen LogP contribution in [-0.4, -0.2) is 74.1 Å². The monoisotopic (exact) mass is 468 g/mol. The van der Waals surface area contributed by atoms with Crippen molar-refractivity contribution in [2.24, 2.45) is 0 Å². The van der Waals surface area contributed by atoms with Gasteiger partial charge in [0, 0.05) is 18.7 Å². The third-order valence-electron chi connectivity index (χ3n) is 6.16. The third-order valence-corrected chi connectivity index (χ3v) is 6.16. The lowest BCUT2D eigenvalue weighted by molar-refractivity contribution is -0.140. The molecule has 8 nitrogen and oxygen atoms in total. The van der Waals surface area contributed by atoms with Gasteiger partial charge in [-0.1, -0.05) is 32.0 Å². The van der Waals surface area contributed by atoms with E-state index in [9.17, 15) is 14.7 Å². The number of nitrogens with zero attached hydrogens (tertiary/aromatic N) is 2. The quantitative estimate of drug-likeness (QED) is 0.324. The minimum Gasteiger partial charge on any atom is -0.507 e. The van der Waals surface area contributed by atoms with Crippen molar-refractivity contribution >= 4 is 17.4 Å². The van der Waals surface area contributed by atoms with Crippen LogP contribution in [0.5, 0.6) is 17.2 Å². The number of Topliss-reactive ketones (excluding diaryl/α,β-unsaturated/α-hetero) is 1. The first-order valence-corrected chi connectivity index (χ1v) is 11.3. The molecule has 1 fully saturated rings. The molecule has 3 rings (SSSR count). The molecule has 2 aromatic rings. The number of carbonyl (C=O) groups excluding carboxylic acids is 2. The second-order valence-electron chi connectivity index (χ2n) is 7.87. The number of methoxy groups -OCH3 is 3. The Morgan fingerprint density at radius 3 is 2.29 bits per heavy atom. The molecule has 2 aromatic carbocycles. The number of aliphatic hydroxyl groups excluding tert-OH is 1. The van der Waals surface area contributed by atoms with Crippen molar-refractivity contribution in [3.8, 4) is 17.2 Å².